The molecule has 0 aliphatic heterocycles. The van der Waals surface area contributed by atoms with Crippen molar-refractivity contribution in [3.63, 3.8) is 0 Å². The lowest BCUT2D eigenvalue weighted by Gasteiger charge is -2.28. The van der Waals surface area contributed by atoms with E-state index in [1.807, 2.05) is 12.1 Å². The quantitative estimate of drug-likeness (QED) is 0.361. The Labute approximate surface area is 179 Å². The number of nitro benzene ring substituents is 1. The number of carbonyl (C=O) groups is 1. The van der Waals surface area contributed by atoms with Gasteiger partial charge < -0.3 is 0 Å². The Bertz CT molecular complexity index is 1050. The predicted octanol–water partition coefficient (Wildman–Crippen LogP) is 6.53. The lowest BCUT2D eigenvalue weighted by atomic mass is 9.77. The molecule has 7 heteroatoms. The van der Waals surface area contributed by atoms with Crippen LogP contribution in [0, 0.1) is 16.0 Å². The standard InChI is InChI=1S/C23H25N3O3S/c1-2-3-15-4-6-16(7-5-15)17-8-10-18(11-9-17)22(27)25-23-24-20-13-12-19(26(28)29)14-21(20)30-23/h8-16H,2-7H2,1H3,(H,24,25,27). The largest absolute Gasteiger partial charge is 0.298 e. The van der Waals surface area contributed by atoms with Crippen molar-refractivity contribution in [2.45, 2.75) is 51.4 Å². The third-order valence-electron chi connectivity index (χ3n) is 5.99. The van der Waals surface area contributed by atoms with Crippen LogP contribution in [0.4, 0.5) is 10.8 Å². The van der Waals surface area contributed by atoms with Crippen LogP contribution in [-0.4, -0.2) is 15.8 Å². The van der Waals surface area contributed by atoms with Gasteiger partial charge in [0.1, 0.15) is 0 Å². The van der Waals surface area contributed by atoms with E-state index in [-0.39, 0.29) is 11.6 Å². The molecule has 0 spiro atoms. The van der Waals surface area contributed by atoms with Gasteiger partial charge >= 0.3 is 0 Å². The Morgan fingerprint density at radius 2 is 1.90 bits per heavy atom. The highest BCUT2D eigenvalue weighted by molar-refractivity contribution is 7.22. The summed E-state index contributed by atoms with van der Waals surface area (Å²) in [7, 11) is 0. The first kappa shape index (κ1) is 20.5. The lowest BCUT2D eigenvalue weighted by molar-refractivity contribution is -0.384. The number of nitrogens with one attached hydrogen (secondary N) is 1. The number of non-ortho nitro benzene ring substituents is 1. The molecular weight excluding hydrogens is 398 g/mol. The normalized spacial score (nSPS) is 19.0. The maximum Gasteiger partial charge on any atom is 0.270 e. The van der Waals surface area contributed by atoms with Gasteiger partial charge in [0.05, 0.1) is 15.1 Å². The molecule has 0 atom stereocenters. The Kier molecular flexibility index (Phi) is 6.08. The molecule has 0 radical (unpaired) electrons. The van der Waals surface area contributed by atoms with Crippen LogP contribution >= 0.6 is 11.3 Å². The molecule has 1 aliphatic rings. The fraction of sp³-hybridized carbons (Fsp3) is 0.391. The van der Waals surface area contributed by atoms with Crippen molar-refractivity contribution in [3.05, 3.63) is 63.7 Å². The van der Waals surface area contributed by atoms with E-state index in [1.54, 1.807) is 6.07 Å². The molecule has 3 aromatic rings. The zero-order valence-corrected chi connectivity index (χ0v) is 17.8. The second-order valence-electron chi connectivity index (χ2n) is 8.01. The van der Waals surface area contributed by atoms with E-state index >= 15 is 0 Å². The number of hydrogen-bond donors (Lipinski definition) is 1. The van der Waals surface area contributed by atoms with Gasteiger partial charge in [-0.2, -0.15) is 0 Å². The van der Waals surface area contributed by atoms with Gasteiger partial charge in [-0.3, -0.25) is 20.2 Å². The summed E-state index contributed by atoms with van der Waals surface area (Å²) in [6.07, 6.45) is 7.67. The van der Waals surface area contributed by atoms with Gasteiger partial charge in [-0.25, -0.2) is 4.98 Å². The van der Waals surface area contributed by atoms with Gasteiger partial charge in [0, 0.05) is 17.7 Å². The van der Waals surface area contributed by atoms with E-state index < -0.39 is 4.92 Å². The third kappa shape index (κ3) is 4.51. The molecule has 1 N–H and O–H groups in total. The van der Waals surface area contributed by atoms with Gasteiger partial charge in [0.15, 0.2) is 5.13 Å². The molecule has 0 bridgehead atoms. The Morgan fingerprint density at radius 1 is 1.17 bits per heavy atom. The van der Waals surface area contributed by atoms with Crippen LogP contribution in [0.25, 0.3) is 10.2 Å². The van der Waals surface area contributed by atoms with Gasteiger partial charge in [-0.1, -0.05) is 43.2 Å². The minimum absolute atomic E-state index is 0.0170. The Morgan fingerprint density at radius 3 is 2.57 bits per heavy atom. The summed E-state index contributed by atoms with van der Waals surface area (Å²) in [4.78, 5) is 27.5. The van der Waals surface area contributed by atoms with Crippen LogP contribution in [0.3, 0.4) is 0 Å². The molecule has 1 fully saturated rings. The van der Waals surface area contributed by atoms with Crippen molar-refractivity contribution in [3.8, 4) is 0 Å². The fourth-order valence-electron chi connectivity index (χ4n) is 4.35. The fourth-order valence-corrected chi connectivity index (χ4v) is 5.24. The molecule has 0 saturated heterocycles. The number of thiazole rings is 1. The monoisotopic (exact) mass is 423 g/mol. The van der Waals surface area contributed by atoms with Gasteiger partial charge in [0.2, 0.25) is 0 Å². The Hall–Kier alpha value is -2.80. The van der Waals surface area contributed by atoms with Crippen molar-refractivity contribution in [2.75, 3.05) is 5.32 Å². The molecule has 2 aromatic carbocycles. The highest BCUT2D eigenvalue weighted by atomic mass is 32.1. The van der Waals surface area contributed by atoms with Crippen LogP contribution in [0.15, 0.2) is 42.5 Å². The maximum atomic E-state index is 12.6. The first-order valence-corrected chi connectivity index (χ1v) is 11.3. The maximum absolute atomic E-state index is 12.6. The van der Waals surface area contributed by atoms with Gasteiger partial charge in [0.25, 0.3) is 11.6 Å². The number of amides is 1. The molecule has 1 heterocycles. The summed E-state index contributed by atoms with van der Waals surface area (Å²) < 4.78 is 0.675. The van der Waals surface area contributed by atoms with Crippen LogP contribution in [-0.2, 0) is 0 Å². The summed E-state index contributed by atoms with van der Waals surface area (Å²) in [5.74, 6) is 1.25. The molecule has 1 saturated carbocycles. The van der Waals surface area contributed by atoms with Crippen LogP contribution in [0.2, 0.25) is 0 Å². The number of carbonyl (C=O) groups excluding carboxylic acids is 1. The number of fused-ring (bicyclic) bond motifs is 1. The van der Waals surface area contributed by atoms with Crippen molar-refractivity contribution in [1.82, 2.24) is 4.98 Å². The minimum Gasteiger partial charge on any atom is -0.298 e. The highest BCUT2D eigenvalue weighted by Gasteiger charge is 2.22. The molecule has 30 heavy (non-hydrogen) atoms. The minimum atomic E-state index is -0.435. The molecule has 1 amide bonds. The van der Waals surface area contributed by atoms with E-state index in [9.17, 15) is 14.9 Å². The number of rotatable bonds is 6. The average molecular weight is 424 g/mol. The van der Waals surface area contributed by atoms with Crippen molar-refractivity contribution in [2.24, 2.45) is 5.92 Å². The van der Waals surface area contributed by atoms with E-state index in [4.69, 9.17) is 0 Å². The number of benzene rings is 2. The zero-order valence-electron chi connectivity index (χ0n) is 17.0. The van der Waals surface area contributed by atoms with E-state index in [1.165, 1.54) is 67.6 Å². The van der Waals surface area contributed by atoms with Gasteiger partial charge in [-0.05, 0) is 61.3 Å². The van der Waals surface area contributed by atoms with Crippen molar-refractivity contribution < 1.29 is 9.72 Å². The lowest BCUT2D eigenvalue weighted by Crippen LogP contribution is -2.14. The Balaban J connectivity index is 1.40. The first-order valence-electron chi connectivity index (χ1n) is 10.5. The van der Waals surface area contributed by atoms with Crippen molar-refractivity contribution in [1.29, 1.82) is 0 Å². The predicted molar refractivity (Wildman–Crippen MR) is 120 cm³/mol. The summed E-state index contributed by atoms with van der Waals surface area (Å²) in [5, 5.41) is 14.2. The molecule has 6 nitrogen and oxygen atoms in total. The smallest absolute Gasteiger partial charge is 0.270 e. The van der Waals surface area contributed by atoms with E-state index in [0.717, 1.165) is 5.92 Å². The van der Waals surface area contributed by atoms with Gasteiger partial charge in [-0.15, -0.1) is 0 Å². The highest BCUT2D eigenvalue weighted by Crippen LogP contribution is 2.37. The number of anilines is 1. The number of nitrogens with zero attached hydrogens (tertiary/aromatic N) is 2. The second-order valence-corrected chi connectivity index (χ2v) is 9.04. The van der Waals surface area contributed by atoms with E-state index in [0.29, 0.717) is 26.8 Å². The van der Waals surface area contributed by atoms with Crippen LogP contribution in [0.1, 0.15) is 67.3 Å². The molecule has 1 aliphatic carbocycles. The molecule has 156 valence electrons. The first-order chi connectivity index (χ1) is 14.5. The van der Waals surface area contributed by atoms with Crippen molar-refractivity contribution >= 4 is 38.3 Å². The molecular formula is C23H25N3O3S. The average Bonchev–Trinajstić information content (AvgIpc) is 3.16. The van der Waals surface area contributed by atoms with Crippen LogP contribution < -0.4 is 5.32 Å². The molecule has 1 aromatic heterocycles. The topological polar surface area (TPSA) is 85.1 Å². The number of aromatic nitrogens is 1. The second kappa shape index (κ2) is 8.92. The third-order valence-corrected chi connectivity index (χ3v) is 6.92. The summed E-state index contributed by atoms with van der Waals surface area (Å²) >= 11 is 1.23. The summed E-state index contributed by atoms with van der Waals surface area (Å²) in [6.45, 7) is 2.26. The van der Waals surface area contributed by atoms with Crippen LogP contribution in [0.5, 0.6) is 0 Å². The SMILES string of the molecule is CCCC1CCC(c2ccc(C(=O)Nc3nc4ccc([N+](=O)[O-])cc4s3)cc2)CC1. The number of hydrogen-bond acceptors (Lipinski definition) is 5. The van der Waals surface area contributed by atoms with E-state index in [2.05, 4.69) is 29.4 Å². The molecule has 4 rings (SSSR count). The number of nitro groups is 1. The molecule has 0 unspecified atom stereocenters. The zero-order chi connectivity index (χ0) is 21.1. The summed E-state index contributed by atoms with van der Waals surface area (Å²) in [6, 6.07) is 12.4. The summed E-state index contributed by atoms with van der Waals surface area (Å²) in [5.41, 5.74) is 2.55.